The van der Waals surface area contributed by atoms with Crippen LogP contribution in [-0.2, 0) is 11.3 Å². The van der Waals surface area contributed by atoms with E-state index in [1.165, 1.54) is 31.5 Å². The molecule has 1 aliphatic rings. The molecule has 2 aromatic carbocycles. The van der Waals surface area contributed by atoms with Crippen LogP contribution in [0.25, 0.3) is 0 Å². The van der Waals surface area contributed by atoms with Crippen LogP contribution in [0.4, 0.5) is 5.69 Å². The maximum atomic E-state index is 12.0. The van der Waals surface area contributed by atoms with Gasteiger partial charge in [0.25, 0.3) is 5.91 Å². The molecule has 3 rings (SSSR count). The van der Waals surface area contributed by atoms with E-state index in [-0.39, 0.29) is 12.5 Å². The second-order valence-electron chi connectivity index (χ2n) is 6.33. The summed E-state index contributed by atoms with van der Waals surface area (Å²) in [5, 5.41) is 2.87. The van der Waals surface area contributed by atoms with E-state index in [1.807, 2.05) is 43.3 Å². The van der Waals surface area contributed by atoms with Crippen molar-refractivity contribution in [2.45, 2.75) is 26.3 Å². The van der Waals surface area contributed by atoms with Crippen molar-refractivity contribution in [3.63, 3.8) is 0 Å². The van der Waals surface area contributed by atoms with Gasteiger partial charge in [0.2, 0.25) is 0 Å². The van der Waals surface area contributed by atoms with Crippen molar-refractivity contribution in [2.75, 3.05) is 25.0 Å². The van der Waals surface area contributed by atoms with Gasteiger partial charge in [-0.3, -0.25) is 9.69 Å². The molecule has 0 radical (unpaired) electrons. The highest BCUT2D eigenvalue weighted by atomic mass is 16.5. The Bertz CT molecular complexity index is 676. The molecule has 4 nitrogen and oxygen atoms in total. The molecular weight excluding hydrogens is 300 g/mol. The number of nitrogens with one attached hydrogen (secondary N) is 1. The van der Waals surface area contributed by atoms with Crippen molar-refractivity contribution in [1.29, 1.82) is 0 Å². The van der Waals surface area contributed by atoms with Crippen LogP contribution in [0.15, 0.2) is 48.5 Å². The lowest BCUT2D eigenvalue weighted by Crippen LogP contribution is -2.20. The van der Waals surface area contributed by atoms with Crippen molar-refractivity contribution >= 4 is 11.6 Å². The van der Waals surface area contributed by atoms with Gasteiger partial charge in [-0.2, -0.15) is 0 Å². The average molecular weight is 324 g/mol. The fraction of sp³-hybridized carbons (Fsp3) is 0.350. The van der Waals surface area contributed by atoms with Gasteiger partial charge in [0, 0.05) is 12.2 Å². The number of nitrogens with zero attached hydrogens (tertiary/aromatic N) is 1. The first-order valence-corrected chi connectivity index (χ1v) is 8.50. The summed E-state index contributed by atoms with van der Waals surface area (Å²) in [5.41, 5.74) is 3.20. The topological polar surface area (TPSA) is 41.6 Å². The first-order valence-electron chi connectivity index (χ1n) is 8.50. The smallest absolute Gasteiger partial charge is 0.262 e. The summed E-state index contributed by atoms with van der Waals surface area (Å²) >= 11 is 0. The number of hydrogen-bond acceptors (Lipinski definition) is 3. The van der Waals surface area contributed by atoms with Crippen LogP contribution in [0.1, 0.15) is 24.0 Å². The number of amides is 1. The van der Waals surface area contributed by atoms with Gasteiger partial charge >= 0.3 is 0 Å². The number of carbonyl (C=O) groups excluding carboxylic acids is 1. The molecule has 126 valence electrons. The Morgan fingerprint density at radius 3 is 2.58 bits per heavy atom. The number of ether oxygens (including phenoxy) is 1. The summed E-state index contributed by atoms with van der Waals surface area (Å²) in [4.78, 5) is 14.5. The van der Waals surface area contributed by atoms with E-state index >= 15 is 0 Å². The second kappa shape index (κ2) is 7.97. The van der Waals surface area contributed by atoms with Crippen molar-refractivity contribution in [1.82, 2.24) is 4.90 Å². The third-order valence-corrected chi connectivity index (χ3v) is 4.20. The molecule has 0 unspecified atom stereocenters. The summed E-state index contributed by atoms with van der Waals surface area (Å²) in [6.07, 6.45) is 2.60. The van der Waals surface area contributed by atoms with Crippen LogP contribution in [-0.4, -0.2) is 30.5 Å². The van der Waals surface area contributed by atoms with Gasteiger partial charge in [-0.15, -0.1) is 0 Å². The molecule has 0 aliphatic carbocycles. The highest BCUT2D eigenvalue weighted by Crippen LogP contribution is 2.16. The van der Waals surface area contributed by atoms with Gasteiger partial charge < -0.3 is 10.1 Å². The van der Waals surface area contributed by atoms with E-state index in [0.29, 0.717) is 5.75 Å². The van der Waals surface area contributed by atoms with E-state index in [1.54, 1.807) is 0 Å². The number of hydrogen-bond donors (Lipinski definition) is 1. The standard InChI is InChI=1S/C20H24N2O2/c1-16-5-4-6-19(13-16)24-15-20(23)21-18-9-7-17(8-10-18)14-22-11-2-3-12-22/h4-10,13H,2-3,11-12,14-15H2,1H3,(H,21,23). The molecular formula is C20H24N2O2. The molecule has 0 saturated carbocycles. The van der Waals surface area contributed by atoms with Gasteiger partial charge in [-0.25, -0.2) is 0 Å². The minimum Gasteiger partial charge on any atom is -0.484 e. The third kappa shape index (κ3) is 4.83. The van der Waals surface area contributed by atoms with Crippen LogP contribution in [0.2, 0.25) is 0 Å². The lowest BCUT2D eigenvalue weighted by atomic mass is 10.2. The lowest BCUT2D eigenvalue weighted by Gasteiger charge is -2.14. The molecule has 0 aromatic heterocycles. The van der Waals surface area contributed by atoms with E-state index < -0.39 is 0 Å². The molecule has 0 atom stereocenters. The number of rotatable bonds is 6. The average Bonchev–Trinajstić information content (AvgIpc) is 3.08. The molecule has 0 bridgehead atoms. The van der Waals surface area contributed by atoms with Gasteiger partial charge in [0.15, 0.2) is 6.61 Å². The Kier molecular flexibility index (Phi) is 5.49. The van der Waals surface area contributed by atoms with Crippen molar-refractivity contribution in [3.05, 3.63) is 59.7 Å². The normalized spacial score (nSPS) is 14.5. The lowest BCUT2D eigenvalue weighted by molar-refractivity contribution is -0.118. The monoisotopic (exact) mass is 324 g/mol. The third-order valence-electron chi connectivity index (χ3n) is 4.20. The molecule has 2 aromatic rings. The zero-order chi connectivity index (χ0) is 16.8. The van der Waals surface area contributed by atoms with Gasteiger partial charge in [-0.05, 0) is 68.2 Å². The number of carbonyl (C=O) groups is 1. The van der Waals surface area contributed by atoms with Crippen LogP contribution in [0, 0.1) is 6.92 Å². The largest absolute Gasteiger partial charge is 0.484 e. The fourth-order valence-corrected chi connectivity index (χ4v) is 2.94. The molecule has 1 amide bonds. The summed E-state index contributed by atoms with van der Waals surface area (Å²) in [6, 6.07) is 15.8. The maximum absolute atomic E-state index is 12.0. The van der Waals surface area contributed by atoms with Crippen molar-refractivity contribution in [2.24, 2.45) is 0 Å². The minimum absolute atomic E-state index is 0.0129. The van der Waals surface area contributed by atoms with E-state index in [2.05, 4.69) is 22.3 Å². The summed E-state index contributed by atoms with van der Waals surface area (Å²) in [7, 11) is 0. The SMILES string of the molecule is Cc1cccc(OCC(=O)Nc2ccc(CN3CCCC3)cc2)c1. The molecule has 4 heteroatoms. The zero-order valence-electron chi connectivity index (χ0n) is 14.1. The molecule has 1 aliphatic heterocycles. The summed E-state index contributed by atoms with van der Waals surface area (Å²) in [5.74, 6) is 0.565. The second-order valence-corrected chi connectivity index (χ2v) is 6.33. The minimum atomic E-state index is -0.149. The zero-order valence-corrected chi connectivity index (χ0v) is 14.1. The number of likely N-dealkylation sites (tertiary alicyclic amines) is 1. The Morgan fingerprint density at radius 2 is 1.88 bits per heavy atom. The van der Waals surface area contributed by atoms with E-state index in [0.717, 1.165) is 17.8 Å². The van der Waals surface area contributed by atoms with E-state index in [9.17, 15) is 4.79 Å². The maximum Gasteiger partial charge on any atom is 0.262 e. The summed E-state index contributed by atoms with van der Waals surface area (Å²) < 4.78 is 5.51. The molecule has 1 fully saturated rings. The van der Waals surface area contributed by atoms with Gasteiger partial charge in [0.05, 0.1) is 0 Å². The Labute approximate surface area is 143 Å². The van der Waals surface area contributed by atoms with Gasteiger partial charge in [-0.1, -0.05) is 24.3 Å². The predicted octanol–water partition coefficient (Wildman–Crippen LogP) is 3.61. The predicted molar refractivity (Wildman–Crippen MR) is 96.3 cm³/mol. The Hall–Kier alpha value is -2.33. The fourth-order valence-electron chi connectivity index (χ4n) is 2.94. The first-order chi connectivity index (χ1) is 11.7. The van der Waals surface area contributed by atoms with Crippen LogP contribution in [0.3, 0.4) is 0 Å². The first kappa shape index (κ1) is 16.5. The molecule has 1 saturated heterocycles. The number of anilines is 1. The number of aryl methyl sites for hydroxylation is 1. The molecule has 0 spiro atoms. The summed E-state index contributed by atoms with van der Waals surface area (Å²) in [6.45, 7) is 5.38. The van der Waals surface area contributed by atoms with Gasteiger partial charge in [0.1, 0.15) is 5.75 Å². The number of benzene rings is 2. The highest BCUT2D eigenvalue weighted by molar-refractivity contribution is 5.91. The Morgan fingerprint density at radius 1 is 1.12 bits per heavy atom. The Balaban J connectivity index is 1.47. The van der Waals surface area contributed by atoms with Crippen molar-refractivity contribution in [3.8, 4) is 5.75 Å². The molecule has 1 N–H and O–H groups in total. The quantitative estimate of drug-likeness (QED) is 0.882. The molecule has 1 heterocycles. The van der Waals surface area contributed by atoms with Crippen LogP contribution >= 0.6 is 0 Å². The highest BCUT2D eigenvalue weighted by Gasteiger charge is 2.11. The van der Waals surface area contributed by atoms with E-state index in [4.69, 9.17) is 4.74 Å². The van der Waals surface area contributed by atoms with Crippen LogP contribution < -0.4 is 10.1 Å². The molecule has 24 heavy (non-hydrogen) atoms. The van der Waals surface area contributed by atoms with Crippen molar-refractivity contribution < 1.29 is 9.53 Å². The van der Waals surface area contributed by atoms with Crippen LogP contribution in [0.5, 0.6) is 5.75 Å².